The number of para-hydroxylation sites is 1. The van der Waals surface area contributed by atoms with Gasteiger partial charge in [-0.15, -0.1) is 0 Å². The van der Waals surface area contributed by atoms with Crippen LogP contribution in [-0.4, -0.2) is 13.1 Å². The Bertz CT molecular complexity index is 451. The monoisotopic (exact) mass is 243 g/mol. The van der Waals surface area contributed by atoms with Crippen molar-refractivity contribution in [2.45, 2.75) is 39.7 Å². The number of nitrogens with zero attached hydrogens (tertiary/aromatic N) is 1. The van der Waals surface area contributed by atoms with Crippen molar-refractivity contribution in [3.05, 3.63) is 29.8 Å². The highest BCUT2D eigenvalue weighted by atomic mass is 15.2. The molecule has 0 saturated heterocycles. The molecule has 0 spiro atoms. The van der Waals surface area contributed by atoms with E-state index in [2.05, 4.69) is 63.9 Å². The van der Waals surface area contributed by atoms with Gasteiger partial charge in [0.2, 0.25) is 0 Å². The van der Waals surface area contributed by atoms with Gasteiger partial charge in [0.25, 0.3) is 0 Å². The highest BCUT2D eigenvalue weighted by Gasteiger charge is 2.53. The third-order valence-electron chi connectivity index (χ3n) is 5.66. The molecule has 1 aliphatic heterocycles. The quantitative estimate of drug-likeness (QED) is 0.716. The molecule has 1 nitrogen and oxygen atoms in total. The second-order valence-corrected chi connectivity index (χ2v) is 6.73. The van der Waals surface area contributed by atoms with Crippen molar-refractivity contribution in [2.75, 3.05) is 11.9 Å². The fourth-order valence-electron chi connectivity index (χ4n) is 4.76. The highest BCUT2D eigenvalue weighted by molar-refractivity contribution is 5.62. The van der Waals surface area contributed by atoms with E-state index >= 15 is 0 Å². The minimum absolute atomic E-state index is 0.715. The van der Waals surface area contributed by atoms with E-state index < -0.39 is 0 Å². The number of hydrogen-bond acceptors (Lipinski definition) is 1. The number of likely N-dealkylation sites (N-methyl/N-ethyl adjacent to an activating group) is 1. The number of anilines is 1. The lowest BCUT2D eigenvalue weighted by atomic mass is 9.82. The third-order valence-corrected chi connectivity index (χ3v) is 5.66. The van der Waals surface area contributed by atoms with E-state index in [0.29, 0.717) is 6.04 Å². The Morgan fingerprint density at radius 2 is 1.72 bits per heavy atom. The second kappa shape index (κ2) is 4.01. The molecule has 1 heteroatoms. The molecule has 5 unspecified atom stereocenters. The lowest BCUT2D eigenvalue weighted by Gasteiger charge is -2.32. The maximum atomic E-state index is 2.56. The van der Waals surface area contributed by atoms with Crippen LogP contribution in [0.3, 0.4) is 0 Å². The molecule has 1 aromatic carbocycles. The Kier molecular flexibility index (Phi) is 2.69. The van der Waals surface area contributed by atoms with E-state index in [0.717, 1.165) is 29.6 Å². The van der Waals surface area contributed by atoms with Gasteiger partial charge in [-0.2, -0.15) is 0 Å². The maximum Gasteiger partial charge on any atom is 0.0402 e. The van der Waals surface area contributed by atoms with Crippen LogP contribution in [0.4, 0.5) is 5.69 Å². The molecule has 1 heterocycles. The fourth-order valence-corrected chi connectivity index (χ4v) is 4.76. The number of hydrogen-bond donors (Lipinski definition) is 0. The summed E-state index contributed by atoms with van der Waals surface area (Å²) in [6.07, 6.45) is 0. The molecule has 1 fully saturated rings. The van der Waals surface area contributed by atoms with E-state index in [1.165, 1.54) is 5.69 Å². The fraction of sp³-hybridized carbons (Fsp3) is 0.647. The smallest absolute Gasteiger partial charge is 0.0402 e. The van der Waals surface area contributed by atoms with Crippen LogP contribution in [0.5, 0.6) is 0 Å². The standard InChI is InChI=1S/C17H25N/c1-10(2)15-11(3)12(4)16-13-8-6-7-9-14(13)18(5)17(15)16/h6-12,15-17H,1-5H3. The van der Waals surface area contributed by atoms with Gasteiger partial charge in [-0.05, 0) is 35.3 Å². The first-order chi connectivity index (χ1) is 8.54. The van der Waals surface area contributed by atoms with Crippen molar-refractivity contribution in [1.82, 2.24) is 0 Å². The van der Waals surface area contributed by atoms with Crippen molar-refractivity contribution < 1.29 is 0 Å². The first kappa shape index (κ1) is 12.1. The Labute approximate surface area is 111 Å². The molecule has 0 radical (unpaired) electrons. The minimum atomic E-state index is 0.715. The number of rotatable bonds is 1. The molecule has 98 valence electrons. The number of benzene rings is 1. The normalized spacial score (nSPS) is 38.1. The summed E-state index contributed by atoms with van der Waals surface area (Å²) in [5, 5.41) is 0. The van der Waals surface area contributed by atoms with Crippen molar-refractivity contribution in [1.29, 1.82) is 0 Å². The molecular weight excluding hydrogens is 218 g/mol. The van der Waals surface area contributed by atoms with Gasteiger partial charge in [0.15, 0.2) is 0 Å². The summed E-state index contributed by atoms with van der Waals surface area (Å²) in [6, 6.07) is 9.74. The van der Waals surface area contributed by atoms with E-state index in [4.69, 9.17) is 0 Å². The Balaban J connectivity index is 2.09. The minimum Gasteiger partial charge on any atom is -0.370 e. The van der Waals surface area contributed by atoms with E-state index in [1.807, 2.05) is 0 Å². The molecule has 18 heavy (non-hydrogen) atoms. The molecule has 2 aliphatic rings. The summed E-state index contributed by atoms with van der Waals surface area (Å²) in [4.78, 5) is 2.56. The molecule has 0 aromatic heterocycles. The molecular formula is C17H25N. The summed E-state index contributed by atoms with van der Waals surface area (Å²) in [5.74, 6) is 3.97. The van der Waals surface area contributed by atoms with Crippen molar-refractivity contribution in [2.24, 2.45) is 23.7 Å². The lowest BCUT2D eigenvalue weighted by Crippen LogP contribution is -2.37. The highest BCUT2D eigenvalue weighted by Crippen LogP contribution is 2.57. The van der Waals surface area contributed by atoms with Crippen molar-refractivity contribution in [3.8, 4) is 0 Å². The van der Waals surface area contributed by atoms with Gasteiger partial charge in [0.1, 0.15) is 0 Å². The molecule has 0 N–H and O–H groups in total. The first-order valence-corrected chi connectivity index (χ1v) is 7.35. The summed E-state index contributed by atoms with van der Waals surface area (Å²) < 4.78 is 0. The van der Waals surface area contributed by atoms with Gasteiger partial charge >= 0.3 is 0 Å². The van der Waals surface area contributed by atoms with Crippen LogP contribution < -0.4 is 4.90 Å². The summed E-state index contributed by atoms with van der Waals surface area (Å²) in [6.45, 7) is 9.71. The Morgan fingerprint density at radius 3 is 2.39 bits per heavy atom. The predicted octanol–water partition coefficient (Wildman–Crippen LogP) is 4.15. The lowest BCUT2D eigenvalue weighted by molar-refractivity contribution is 0.262. The molecule has 5 atom stereocenters. The van der Waals surface area contributed by atoms with Crippen molar-refractivity contribution >= 4 is 5.69 Å². The summed E-state index contributed by atoms with van der Waals surface area (Å²) >= 11 is 0. The van der Waals surface area contributed by atoms with Crippen LogP contribution >= 0.6 is 0 Å². The summed E-state index contributed by atoms with van der Waals surface area (Å²) in [5.41, 5.74) is 3.06. The largest absolute Gasteiger partial charge is 0.370 e. The van der Waals surface area contributed by atoms with E-state index in [-0.39, 0.29) is 0 Å². The molecule has 3 rings (SSSR count). The van der Waals surface area contributed by atoms with Gasteiger partial charge in [0, 0.05) is 24.7 Å². The van der Waals surface area contributed by atoms with Gasteiger partial charge < -0.3 is 4.90 Å². The maximum absolute atomic E-state index is 2.56. The average molecular weight is 243 g/mol. The van der Waals surface area contributed by atoms with Gasteiger partial charge in [-0.1, -0.05) is 45.9 Å². The van der Waals surface area contributed by atoms with Crippen LogP contribution in [0.2, 0.25) is 0 Å². The zero-order valence-electron chi connectivity index (χ0n) is 12.2. The zero-order valence-corrected chi connectivity index (χ0v) is 12.2. The van der Waals surface area contributed by atoms with Crippen LogP contribution in [-0.2, 0) is 0 Å². The molecule has 1 aromatic rings. The number of fused-ring (bicyclic) bond motifs is 3. The molecule has 0 bridgehead atoms. The Morgan fingerprint density at radius 1 is 1.06 bits per heavy atom. The molecule has 1 saturated carbocycles. The van der Waals surface area contributed by atoms with Gasteiger partial charge in [-0.25, -0.2) is 0 Å². The van der Waals surface area contributed by atoms with E-state index in [9.17, 15) is 0 Å². The third kappa shape index (κ3) is 1.39. The average Bonchev–Trinajstić information content (AvgIpc) is 2.77. The second-order valence-electron chi connectivity index (χ2n) is 6.73. The SMILES string of the molecule is CC(C)C1C(C)C(C)C2c3ccccc3N(C)C21. The summed E-state index contributed by atoms with van der Waals surface area (Å²) in [7, 11) is 2.30. The first-order valence-electron chi connectivity index (χ1n) is 7.35. The van der Waals surface area contributed by atoms with E-state index in [1.54, 1.807) is 5.56 Å². The predicted molar refractivity (Wildman–Crippen MR) is 78.0 cm³/mol. The van der Waals surface area contributed by atoms with Crippen molar-refractivity contribution in [3.63, 3.8) is 0 Å². The Hall–Kier alpha value is -0.980. The zero-order chi connectivity index (χ0) is 13.0. The van der Waals surface area contributed by atoms with Crippen LogP contribution in [0.25, 0.3) is 0 Å². The van der Waals surface area contributed by atoms with Gasteiger partial charge in [0.05, 0.1) is 0 Å². The van der Waals surface area contributed by atoms with Crippen LogP contribution in [0.1, 0.15) is 39.2 Å². The topological polar surface area (TPSA) is 3.24 Å². The molecule has 0 amide bonds. The van der Waals surface area contributed by atoms with Crippen LogP contribution in [0, 0.1) is 23.7 Å². The molecule has 1 aliphatic carbocycles. The van der Waals surface area contributed by atoms with Crippen LogP contribution in [0.15, 0.2) is 24.3 Å². The van der Waals surface area contributed by atoms with Gasteiger partial charge in [-0.3, -0.25) is 0 Å².